The third-order valence-corrected chi connectivity index (χ3v) is 13.2. The molecule has 1 heteroatoms. The van der Waals surface area contributed by atoms with Gasteiger partial charge < -0.3 is 1.43 Å². The van der Waals surface area contributed by atoms with E-state index < -0.39 is 19.8 Å². The van der Waals surface area contributed by atoms with Crippen LogP contribution in [0.2, 0.25) is 13.3 Å². The van der Waals surface area contributed by atoms with Gasteiger partial charge in [-0.2, -0.15) is 0 Å². The minimum absolute atomic E-state index is 0. The Kier molecular flexibility index (Phi) is 17.6. The Morgan fingerprint density at radius 2 is 0.789 bits per heavy atom. The fourth-order valence-corrected chi connectivity index (χ4v) is 11.3. The summed E-state index contributed by atoms with van der Waals surface area (Å²) in [5.74, 6) is 0. The fraction of sp³-hybridized carbons (Fsp3) is 1.00. The maximum atomic E-state index is 2.33. The Labute approximate surface area is 132 Å². The zero-order valence-corrected chi connectivity index (χ0v) is 17.0. The van der Waals surface area contributed by atoms with Crippen LogP contribution < -0.4 is 0 Å². The van der Waals surface area contributed by atoms with E-state index in [1.165, 1.54) is 57.8 Å². The van der Waals surface area contributed by atoms with Gasteiger partial charge >= 0.3 is 131 Å². The number of rotatable bonds is 15. The van der Waals surface area contributed by atoms with Gasteiger partial charge in [0.15, 0.2) is 0 Å². The molecule has 0 spiro atoms. The van der Waals surface area contributed by atoms with Gasteiger partial charge in [0.1, 0.15) is 0 Å². The van der Waals surface area contributed by atoms with Crippen molar-refractivity contribution in [3.05, 3.63) is 0 Å². The second-order valence-electron chi connectivity index (χ2n) is 6.18. The van der Waals surface area contributed by atoms with Crippen molar-refractivity contribution in [3.63, 3.8) is 0 Å². The zero-order valence-electron chi connectivity index (χ0n) is 15.1. The van der Waals surface area contributed by atoms with Crippen molar-refractivity contribution in [2.24, 2.45) is 0 Å². The average Bonchev–Trinajstić information content (AvgIpc) is 2.43. The average molecular weight is 375 g/mol. The summed E-state index contributed by atoms with van der Waals surface area (Å²) in [6, 6.07) is 0. The van der Waals surface area contributed by atoms with Crippen LogP contribution in [0.1, 0.15) is 99.2 Å². The monoisotopic (exact) mass is 376 g/mol. The van der Waals surface area contributed by atoms with E-state index in [4.69, 9.17) is 0 Å². The van der Waals surface area contributed by atoms with E-state index >= 15 is 0 Å². The molecule has 0 aliphatic rings. The van der Waals surface area contributed by atoms with Gasteiger partial charge in [-0.15, -0.1) is 0 Å². The molecule has 0 unspecified atom stereocenters. The molecule has 0 aromatic rings. The molecule has 0 aromatic heterocycles. The Hall–Kier alpha value is 0.799. The molecular formula is C18H40Sn-. The first-order valence-electron chi connectivity index (χ1n) is 9.18. The summed E-state index contributed by atoms with van der Waals surface area (Å²) in [6.07, 6.45) is 17.9. The molecule has 117 valence electrons. The van der Waals surface area contributed by atoms with Gasteiger partial charge in [-0.05, 0) is 0 Å². The largest absolute Gasteiger partial charge is 1.00 e. The predicted molar refractivity (Wildman–Crippen MR) is 93.7 cm³/mol. The molecule has 0 saturated carbocycles. The van der Waals surface area contributed by atoms with Crippen molar-refractivity contribution in [2.45, 2.75) is 111 Å². The van der Waals surface area contributed by atoms with Gasteiger partial charge in [0.25, 0.3) is 0 Å². The molecule has 0 aliphatic carbocycles. The van der Waals surface area contributed by atoms with Crippen LogP contribution in [-0.2, 0) is 0 Å². The first-order chi connectivity index (χ1) is 9.35. The van der Waals surface area contributed by atoms with Crippen LogP contribution in [0.15, 0.2) is 0 Å². The van der Waals surface area contributed by atoms with Crippen molar-refractivity contribution < 1.29 is 1.43 Å². The second kappa shape index (κ2) is 16.9. The van der Waals surface area contributed by atoms with Gasteiger partial charge in [0.2, 0.25) is 0 Å². The Morgan fingerprint density at radius 1 is 0.474 bits per heavy atom. The molecule has 0 bridgehead atoms. The van der Waals surface area contributed by atoms with E-state index in [1.54, 1.807) is 32.6 Å². The van der Waals surface area contributed by atoms with Crippen molar-refractivity contribution in [3.8, 4) is 0 Å². The van der Waals surface area contributed by atoms with E-state index in [-0.39, 0.29) is 1.43 Å². The molecule has 1 radical (unpaired) electrons. The standard InChI is InChI=1S/3C6H13.Sn.H/c3*1-3-5-6-4-2;;/h3*1,3-6H2,2H3;;/q;;;;-1. The fourth-order valence-electron chi connectivity index (χ4n) is 2.78. The molecule has 0 heterocycles. The van der Waals surface area contributed by atoms with Crippen LogP contribution in [0.3, 0.4) is 0 Å². The van der Waals surface area contributed by atoms with Crippen molar-refractivity contribution in [1.29, 1.82) is 0 Å². The molecule has 0 atom stereocenters. The molecule has 0 amide bonds. The molecule has 0 rings (SSSR count). The normalized spacial score (nSPS) is 11.4. The van der Waals surface area contributed by atoms with Gasteiger partial charge in [-0.25, -0.2) is 0 Å². The smallest absolute Gasteiger partial charge is 1.00 e. The van der Waals surface area contributed by atoms with Crippen LogP contribution in [0.5, 0.6) is 0 Å². The van der Waals surface area contributed by atoms with Gasteiger partial charge in [0, 0.05) is 0 Å². The van der Waals surface area contributed by atoms with Crippen LogP contribution >= 0.6 is 0 Å². The van der Waals surface area contributed by atoms with Crippen LogP contribution in [0.4, 0.5) is 0 Å². The van der Waals surface area contributed by atoms with Crippen molar-refractivity contribution >= 4 is 19.8 Å². The van der Waals surface area contributed by atoms with Crippen LogP contribution in [0, 0.1) is 0 Å². The summed E-state index contributed by atoms with van der Waals surface area (Å²) >= 11 is -0.948. The third kappa shape index (κ3) is 15.0. The molecule has 0 fully saturated rings. The molecule has 0 nitrogen and oxygen atoms in total. The summed E-state index contributed by atoms with van der Waals surface area (Å²) in [5.41, 5.74) is 0. The molecule has 0 N–H and O–H groups in total. The Morgan fingerprint density at radius 3 is 1.05 bits per heavy atom. The van der Waals surface area contributed by atoms with Crippen LogP contribution in [0.25, 0.3) is 0 Å². The van der Waals surface area contributed by atoms with E-state index in [0.717, 1.165) is 0 Å². The van der Waals surface area contributed by atoms with Gasteiger partial charge in [-0.3, -0.25) is 0 Å². The van der Waals surface area contributed by atoms with E-state index in [0.29, 0.717) is 0 Å². The predicted octanol–water partition coefficient (Wildman–Crippen LogP) is 7.33. The summed E-state index contributed by atoms with van der Waals surface area (Å²) in [7, 11) is 0. The maximum absolute atomic E-state index is 2.33. The summed E-state index contributed by atoms with van der Waals surface area (Å²) in [4.78, 5) is 0. The Bertz CT molecular complexity index is 133. The maximum Gasteiger partial charge on any atom is -1.00 e. The molecule has 0 aliphatic heterocycles. The zero-order chi connectivity index (χ0) is 14.2. The quantitative estimate of drug-likeness (QED) is 0.208. The number of hydrogen-bond donors (Lipinski definition) is 0. The van der Waals surface area contributed by atoms with Gasteiger partial charge in [-0.1, -0.05) is 0 Å². The summed E-state index contributed by atoms with van der Waals surface area (Å²) in [6.45, 7) is 6.99. The summed E-state index contributed by atoms with van der Waals surface area (Å²) < 4.78 is 5.13. The third-order valence-electron chi connectivity index (χ3n) is 4.15. The first-order valence-corrected chi connectivity index (χ1v) is 15.2. The minimum atomic E-state index is -0.948. The molecule has 0 saturated heterocycles. The molecular weight excluding hydrogens is 335 g/mol. The first kappa shape index (κ1) is 19.8. The van der Waals surface area contributed by atoms with E-state index in [9.17, 15) is 0 Å². The SMILES string of the molecule is CCCCC[CH2][Sn]([CH2]CCCCC)[CH2]CCCCC.[H-]. The number of unbranched alkanes of at least 4 members (excludes halogenated alkanes) is 9. The van der Waals surface area contributed by atoms with Crippen molar-refractivity contribution in [1.82, 2.24) is 0 Å². The molecule has 0 aromatic carbocycles. The Balaban J connectivity index is 0. The number of hydrogen-bond acceptors (Lipinski definition) is 0. The van der Waals surface area contributed by atoms with Gasteiger partial charge in [0.05, 0.1) is 0 Å². The second-order valence-corrected chi connectivity index (χ2v) is 14.7. The summed E-state index contributed by atoms with van der Waals surface area (Å²) in [5, 5.41) is 0. The van der Waals surface area contributed by atoms with Crippen LogP contribution in [-0.4, -0.2) is 19.8 Å². The van der Waals surface area contributed by atoms with Crippen molar-refractivity contribution in [2.75, 3.05) is 0 Å². The molecule has 19 heavy (non-hydrogen) atoms. The van der Waals surface area contributed by atoms with E-state index in [1.807, 2.05) is 0 Å². The minimum Gasteiger partial charge on any atom is -1.00 e. The van der Waals surface area contributed by atoms with E-state index in [2.05, 4.69) is 20.8 Å². The topological polar surface area (TPSA) is 0 Å².